The predicted molar refractivity (Wildman–Crippen MR) is 74.0 cm³/mol. The second-order valence-electron chi connectivity index (χ2n) is 5.40. The Morgan fingerprint density at radius 1 is 1.37 bits per heavy atom. The molecule has 0 aliphatic carbocycles. The molecule has 1 heterocycles. The third-order valence-electron chi connectivity index (χ3n) is 4.16. The van der Waals surface area contributed by atoms with E-state index in [1.165, 1.54) is 0 Å². The van der Waals surface area contributed by atoms with E-state index in [4.69, 9.17) is 5.11 Å². The molecule has 2 atom stereocenters. The molecule has 1 fully saturated rings. The van der Waals surface area contributed by atoms with Crippen LogP contribution in [-0.4, -0.2) is 40.6 Å². The molecular formula is C14H26N2O3. The Bertz CT molecular complexity index is 316. The van der Waals surface area contributed by atoms with Crippen LogP contribution in [0.4, 0.5) is 4.79 Å². The lowest BCUT2D eigenvalue weighted by Crippen LogP contribution is -2.48. The van der Waals surface area contributed by atoms with E-state index >= 15 is 0 Å². The van der Waals surface area contributed by atoms with Crippen LogP contribution in [0.1, 0.15) is 52.9 Å². The highest BCUT2D eigenvalue weighted by atomic mass is 16.4. The van der Waals surface area contributed by atoms with Crippen molar-refractivity contribution in [2.75, 3.05) is 6.54 Å². The number of rotatable bonds is 6. The molecule has 0 saturated carbocycles. The van der Waals surface area contributed by atoms with E-state index in [1.807, 2.05) is 6.92 Å². The van der Waals surface area contributed by atoms with Gasteiger partial charge in [-0.05, 0) is 25.7 Å². The van der Waals surface area contributed by atoms with Crippen molar-refractivity contribution in [3.8, 4) is 0 Å². The van der Waals surface area contributed by atoms with E-state index in [1.54, 1.807) is 4.90 Å². The summed E-state index contributed by atoms with van der Waals surface area (Å²) in [6, 6.07) is -0.122. The number of nitrogens with one attached hydrogen (secondary N) is 1. The van der Waals surface area contributed by atoms with Crippen molar-refractivity contribution in [2.24, 2.45) is 5.92 Å². The number of nitrogens with zero attached hydrogens (tertiary/aromatic N) is 1. The Morgan fingerprint density at radius 2 is 2.00 bits per heavy atom. The highest BCUT2D eigenvalue weighted by Gasteiger charge is 2.31. The zero-order valence-corrected chi connectivity index (χ0v) is 12.2. The number of urea groups is 1. The van der Waals surface area contributed by atoms with Crippen molar-refractivity contribution in [2.45, 2.75) is 65.0 Å². The second-order valence-corrected chi connectivity index (χ2v) is 5.40. The van der Waals surface area contributed by atoms with Crippen molar-refractivity contribution in [3.05, 3.63) is 0 Å². The summed E-state index contributed by atoms with van der Waals surface area (Å²) in [5.41, 5.74) is 0. The van der Waals surface area contributed by atoms with Crippen LogP contribution in [0, 0.1) is 5.92 Å². The summed E-state index contributed by atoms with van der Waals surface area (Å²) in [6.07, 6.45) is 3.81. The largest absolute Gasteiger partial charge is 0.481 e. The molecule has 5 heteroatoms. The van der Waals surface area contributed by atoms with E-state index in [0.29, 0.717) is 12.5 Å². The molecule has 19 heavy (non-hydrogen) atoms. The molecule has 0 spiro atoms. The molecule has 0 aromatic rings. The summed E-state index contributed by atoms with van der Waals surface area (Å²) in [4.78, 5) is 24.7. The maximum absolute atomic E-state index is 12.2. The highest BCUT2D eigenvalue weighted by Crippen LogP contribution is 2.21. The fourth-order valence-corrected chi connectivity index (χ4v) is 2.91. The molecule has 5 nitrogen and oxygen atoms in total. The average Bonchev–Trinajstić information content (AvgIpc) is 2.77. The molecule has 110 valence electrons. The number of aliphatic carboxylic acids is 1. The average molecular weight is 270 g/mol. The Labute approximate surface area is 115 Å². The standard InChI is InChI=1S/C14H26N2O3/c1-4-11(5-2)10(3)15-14(19)16-8-6-7-12(16)9-13(17)18/h10-12H,4-9H2,1-3H3,(H,15,19)(H,17,18). The van der Waals surface area contributed by atoms with Crippen molar-refractivity contribution in [1.29, 1.82) is 0 Å². The van der Waals surface area contributed by atoms with E-state index in [-0.39, 0.29) is 24.5 Å². The second kappa shape index (κ2) is 7.36. The first-order chi connectivity index (χ1) is 8.99. The first-order valence-electron chi connectivity index (χ1n) is 7.28. The Balaban J connectivity index is 2.54. The summed E-state index contributed by atoms with van der Waals surface area (Å²) < 4.78 is 0. The van der Waals surface area contributed by atoms with Crippen LogP contribution < -0.4 is 5.32 Å². The van der Waals surface area contributed by atoms with Gasteiger partial charge in [0, 0.05) is 18.6 Å². The third kappa shape index (κ3) is 4.40. The first-order valence-corrected chi connectivity index (χ1v) is 7.28. The van der Waals surface area contributed by atoms with Gasteiger partial charge in [-0.25, -0.2) is 4.79 Å². The van der Waals surface area contributed by atoms with Crippen LogP contribution in [0.25, 0.3) is 0 Å². The van der Waals surface area contributed by atoms with E-state index in [0.717, 1.165) is 25.7 Å². The summed E-state index contributed by atoms with van der Waals surface area (Å²) in [5, 5.41) is 11.9. The fourth-order valence-electron chi connectivity index (χ4n) is 2.91. The third-order valence-corrected chi connectivity index (χ3v) is 4.16. The van der Waals surface area contributed by atoms with Crippen LogP contribution in [0.3, 0.4) is 0 Å². The smallest absolute Gasteiger partial charge is 0.317 e. The number of hydrogen-bond donors (Lipinski definition) is 2. The fraction of sp³-hybridized carbons (Fsp3) is 0.857. The zero-order valence-electron chi connectivity index (χ0n) is 12.2. The minimum absolute atomic E-state index is 0.0484. The van der Waals surface area contributed by atoms with Gasteiger partial charge in [0.15, 0.2) is 0 Å². The van der Waals surface area contributed by atoms with Gasteiger partial charge in [-0.3, -0.25) is 4.79 Å². The number of amides is 2. The maximum atomic E-state index is 12.2. The van der Waals surface area contributed by atoms with Crippen molar-refractivity contribution in [1.82, 2.24) is 10.2 Å². The van der Waals surface area contributed by atoms with E-state index in [2.05, 4.69) is 19.2 Å². The van der Waals surface area contributed by atoms with Gasteiger partial charge in [-0.15, -0.1) is 0 Å². The summed E-state index contributed by atoms with van der Waals surface area (Å²) in [7, 11) is 0. The van der Waals surface area contributed by atoms with Gasteiger partial charge in [0.2, 0.25) is 0 Å². The Hall–Kier alpha value is -1.26. The molecule has 1 aliphatic rings. The number of carboxylic acid groups (broad SMARTS) is 1. The van der Waals surface area contributed by atoms with E-state index in [9.17, 15) is 9.59 Å². The number of carboxylic acids is 1. The SMILES string of the molecule is CCC(CC)C(C)NC(=O)N1CCCC1CC(=O)O. The summed E-state index contributed by atoms with van der Waals surface area (Å²) in [5.74, 6) is -0.359. The summed E-state index contributed by atoms with van der Waals surface area (Å²) in [6.45, 7) is 6.94. The van der Waals surface area contributed by atoms with Crippen LogP contribution in [0.2, 0.25) is 0 Å². The lowest BCUT2D eigenvalue weighted by Gasteiger charge is -2.28. The lowest BCUT2D eigenvalue weighted by molar-refractivity contribution is -0.137. The lowest BCUT2D eigenvalue weighted by atomic mass is 9.96. The van der Waals surface area contributed by atoms with Crippen LogP contribution in [-0.2, 0) is 4.79 Å². The normalized spacial score (nSPS) is 20.6. The molecule has 2 unspecified atom stereocenters. The van der Waals surface area contributed by atoms with Crippen LogP contribution >= 0.6 is 0 Å². The van der Waals surface area contributed by atoms with Gasteiger partial charge in [-0.1, -0.05) is 26.7 Å². The molecule has 2 amide bonds. The van der Waals surface area contributed by atoms with Crippen LogP contribution in [0.15, 0.2) is 0 Å². The molecule has 2 N–H and O–H groups in total. The molecule has 1 rings (SSSR count). The quantitative estimate of drug-likeness (QED) is 0.779. The van der Waals surface area contributed by atoms with Gasteiger partial charge in [0.05, 0.1) is 6.42 Å². The van der Waals surface area contributed by atoms with Gasteiger partial charge in [0.1, 0.15) is 0 Å². The summed E-state index contributed by atoms with van der Waals surface area (Å²) >= 11 is 0. The number of carbonyl (C=O) groups excluding carboxylic acids is 1. The molecule has 1 aliphatic heterocycles. The number of carbonyl (C=O) groups is 2. The van der Waals surface area contributed by atoms with Crippen molar-refractivity contribution >= 4 is 12.0 Å². The monoisotopic (exact) mass is 270 g/mol. The number of likely N-dealkylation sites (tertiary alicyclic amines) is 1. The maximum Gasteiger partial charge on any atom is 0.317 e. The first kappa shape index (κ1) is 15.8. The zero-order chi connectivity index (χ0) is 14.4. The minimum Gasteiger partial charge on any atom is -0.481 e. The van der Waals surface area contributed by atoms with E-state index < -0.39 is 5.97 Å². The van der Waals surface area contributed by atoms with Crippen LogP contribution in [0.5, 0.6) is 0 Å². The van der Waals surface area contributed by atoms with Gasteiger partial charge in [0.25, 0.3) is 0 Å². The van der Waals surface area contributed by atoms with Crippen molar-refractivity contribution in [3.63, 3.8) is 0 Å². The molecule has 1 saturated heterocycles. The van der Waals surface area contributed by atoms with Gasteiger partial charge < -0.3 is 15.3 Å². The molecule has 0 aromatic carbocycles. The molecular weight excluding hydrogens is 244 g/mol. The molecule has 0 bridgehead atoms. The predicted octanol–water partition coefficient (Wildman–Crippen LogP) is 2.46. The van der Waals surface area contributed by atoms with Gasteiger partial charge >= 0.3 is 12.0 Å². The molecule has 0 radical (unpaired) electrons. The van der Waals surface area contributed by atoms with Crippen molar-refractivity contribution < 1.29 is 14.7 Å². The minimum atomic E-state index is -0.835. The topological polar surface area (TPSA) is 69.6 Å². The Morgan fingerprint density at radius 3 is 2.53 bits per heavy atom. The Kier molecular flexibility index (Phi) is 6.12. The van der Waals surface area contributed by atoms with Gasteiger partial charge in [-0.2, -0.15) is 0 Å². The highest BCUT2D eigenvalue weighted by molar-refractivity contribution is 5.76. The number of hydrogen-bond acceptors (Lipinski definition) is 2. The molecule has 0 aromatic heterocycles.